The molecule has 0 saturated heterocycles. The van der Waals surface area contributed by atoms with Gasteiger partial charge in [0.15, 0.2) is 28.4 Å². The van der Waals surface area contributed by atoms with E-state index < -0.39 is 0 Å². The van der Waals surface area contributed by atoms with E-state index in [-0.39, 0.29) is 0 Å². The molecule has 20 aromatic rings. The van der Waals surface area contributed by atoms with E-state index in [2.05, 4.69) is 100 Å². The Morgan fingerprint density at radius 1 is 0.296 bits per heavy atom. The zero-order chi connectivity index (χ0) is 78.3. The molecule has 4 N–H and O–H groups in total. The monoisotopic (exact) mass is 1530 g/mol. The number of nitrogens with one attached hydrogen (secondary N) is 4. The first-order chi connectivity index (χ1) is 56.5. The van der Waals surface area contributed by atoms with Crippen molar-refractivity contribution in [2.45, 2.75) is 13.8 Å². The molecule has 115 heavy (non-hydrogen) atoms. The lowest BCUT2D eigenvalue weighted by molar-refractivity contribution is 0.413. The molecule has 20 rings (SSSR count). The fourth-order valence-corrected chi connectivity index (χ4v) is 14.0. The van der Waals surface area contributed by atoms with Crippen molar-refractivity contribution in [3.8, 4) is 45.7 Å². The van der Waals surface area contributed by atoms with Crippen LogP contribution in [0.4, 0.5) is 46.0 Å². The molecule has 0 unspecified atom stereocenters. The Hall–Kier alpha value is -15.4. The lowest BCUT2D eigenvalue weighted by atomic mass is 10.1. The van der Waals surface area contributed by atoms with Crippen LogP contribution in [0.3, 0.4) is 0 Å². The highest BCUT2D eigenvalue weighted by Gasteiger charge is 2.17. The van der Waals surface area contributed by atoms with Gasteiger partial charge in [-0.1, -0.05) is 145 Å². The summed E-state index contributed by atoms with van der Waals surface area (Å²) >= 11 is 6.17. The van der Waals surface area contributed by atoms with Gasteiger partial charge >= 0.3 is 0 Å². The van der Waals surface area contributed by atoms with E-state index in [1.54, 1.807) is 41.0 Å². The summed E-state index contributed by atoms with van der Waals surface area (Å²) in [5, 5.41) is 55.8. The number of anilines is 8. The second-order valence-corrected chi connectivity index (χ2v) is 26.9. The van der Waals surface area contributed by atoms with E-state index in [4.69, 9.17) is 30.5 Å². The number of fused-ring (bicyclic) bond motifs is 8. The molecule has 0 radical (unpaired) electrons. The molecule has 0 spiro atoms. The maximum atomic E-state index is 6.17. The minimum atomic E-state index is 0.386. The Balaban J connectivity index is 0.000000111. The standard InChI is InChI=1S/2C23H19N5O.C22H16ClN5O.C22H17N5O/c1-15-19-8-3-4-9-20(19)23(27-26-15)25-16-10-11-22-21(12-16)24-14-28(22)17-6-5-7-18(13-17)29-2;1-15-17-7-3-4-8-18(17)23(27-26-15)25-16-11-12-20-19(13-16)24-14-28(20)21-9-5-6-10-22(21)29-2;1-29-20-9-5-4-8-19(20)28-13-24-17-12-14(10-11-18(17)28)25-22-16-7-3-2-6-15(16)21(23)26-27-22;1-28-18-7-4-6-17(12-18)27-14-23-20-11-16(9-10-21(20)27)25-22-19-8-3-2-5-15(19)13-24-26-22/h2*3-14H,1-2H3,(H,25,27);2-13H,1H3,(H,25,27);2-14H,1H3,(H,25,26). The molecular formula is C90H71ClN20O4. The largest absolute Gasteiger partial charge is 0.497 e. The number of aryl methyl sites for hydroxylation is 2. The van der Waals surface area contributed by atoms with Crippen LogP contribution in [0.15, 0.2) is 298 Å². The smallest absolute Gasteiger partial charge is 0.161 e. The Labute approximate surface area is 663 Å². The number of para-hydroxylation sites is 4. The van der Waals surface area contributed by atoms with Crippen molar-refractivity contribution in [1.29, 1.82) is 0 Å². The van der Waals surface area contributed by atoms with E-state index >= 15 is 0 Å². The molecule has 0 atom stereocenters. The lowest BCUT2D eigenvalue weighted by Gasteiger charge is -2.11. The number of ether oxygens (including phenoxy) is 4. The molecule has 0 aliphatic rings. The Morgan fingerprint density at radius 3 is 1.07 bits per heavy atom. The molecule has 24 nitrogen and oxygen atoms in total. The molecule has 0 aliphatic heterocycles. The van der Waals surface area contributed by atoms with Gasteiger partial charge in [0.2, 0.25) is 0 Å². The van der Waals surface area contributed by atoms with Crippen molar-refractivity contribution in [2.75, 3.05) is 49.7 Å². The zero-order valence-electron chi connectivity index (χ0n) is 63.0. The van der Waals surface area contributed by atoms with Crippen LogP contribution >= 0.6 is 11.6 Å². The van der Waals surface area contributed by atoms with Gasteiger partial charge in [-0.3, -0.25) is 18.3 Å². The summed E-state index contributed by atoms with van der Waals surface area (Å²) in [5.41, 5.74) is 16.9. The fourth-order valence-electron chi connectivity index (χ4n) is 13.8. The van der Waals surface area contributed by atoms with Crippen molar-refractivity contribution in [3.63, 3.8) is 0 Å². The maximum Gasteiger partial charge on any atom is 0.161 e. The summed E-state index contributed by atoms with van der Waals surface area (Å²) in [4.78, 5) is 18.3. The summed E-state index contributed by atoms with van der Waals surface area (Å²) in [5.74, 6) is 6.05. The van der Waals surface area contributed by atoms with Gasteiger partial charge in [0, 0.05) is 78.0 Å². The first-order valence-corrected chi connectivity index (χ1v) is 37.0. The third-order valence-electron chi connectivity index (χ3n) is 19.5. The molecule has 8 heterocycles. The molecule has 12 aromatic carbocycles. The van der Waals surface area contributed by atoms with E-state index in [0.29, 0.717) is 11.0 Å². The average Bonchev–Trinajstić information content (AvgIpc) is 1.67. The van der Waals surface area contributed by atoms with Crippen LogP contribution in [0.2, 0.25) is 5.15 Å². The minimum Gasteiger partial charge on any atom is -0.497 e. The third kappa shape index (κ3) is 15.0. The van der Waals surface area contributed by atoms with Gasteiger partial charge in [-0.05, 0) is 135 Å². The van der Waals surface area contributed by atoms with Crippen molar-refractivity contribution in [2.24, 2.45) is 0 Å². The summed E-state index contributed by atoms with van der Waals surface area (Å²) in [6, 6.07) is 87.9. The Kier molecular flexibility index (Phi) is 20.3. The molecule has 562 valence electrons. The van der Waals surface area contributed by atoms with E-state index in [1.165, 1.54) is 0 Å². The van der Waals surface area contributed by atoms with Crippen LogP contribution in [0.1, 0.15) is 11.4 Å². The molecule has 0 fully saturated rings. The first kappa shape index (κ1) is 72.4. The Morgan fingerprint density at radius 2 is 0.643 bits per heavy atom. The van der Waals surface area contributed by atoms with E-state index in [1.807, 2.05) is 300 Å². The number of hydrogen-bond acceptors (Lipinski definition) is 20. The highest BCUT2D eigenvalue weighted by molar-refractivity contribution is 6.34. The highest BCUT2D eigenvalue weighted by atomic mass is 35.5. The second-order valence-electron chi connectivity index (χ2n) is 26.5. The van der Waals surface area contributed by atoms with Gasteiger partial charge in [0.1, 0.15) is 48.3 Å². The number of nitrogens with zero attached hydrogens (tertiary/aromatic N) is 16. The van der Waals surface area contributed by atoms with Crippen LogP contribution in [-0.2, 0) is 0 Å². The number of rotatable bonds is 16. The molecule has 0 saturated carbocycles. The molecule has 0 bridgehead atoms. The molecule has 25 heteroatoms. The van der Waals surface area contributed by atoms with Gasteiger partial charge in [-0.25, -0.2) is 19.9 Å². The van der Waals surface area contributed by atoms with Crippen LogP contribution in [-0.4, -0.2) is 107 Å². The number of imidazole rings is 4. The van der Waals surface area contributed by atoms with E-state index in [9.17, 15) is 0 Å². The third-order valence-corrected chi connectivity index (χ3v) is 19.8. The van der Waals surface area contributed by atoms with Crippen LogP contribution < -0.4 is 40.2 Å². The van der Waals surface area contributed by atoms with Gasteiger partial charge < -0.3 is 40.2 Å². The quantitative estimate of drug-likeness (QED) is 0.0701. The van der Waals surface area contributed by atoms with Crippen molar-refractivity contribution < 1.29 is 18.9 Å². The number of halogens is 1. The highest BCUT2D eigenvalue weighted by Crippen LogP contribution is 2.36. The first-order valence-electron chi connectivity index (χ1n) is 36.6. The maximum absolute atomic E-state index is 6.17. The number of methoxy groups -OCH3 is 4. The van der Waals surface area contributed by atoms with Gasteiger partial charge in [-0.15, -0.1) is 25.5 Å². The molecular weight excluding hydrogens is 1460 g/mol. The summed E-state index contributed by atoms with van der Waals surface area (Å²) in [6.07, 6.45) is 9.02. The molecule has 8 aromatic heterocycles. The summed E-state index contributed by atoms with van der Waals surface area (Å²) in [6.45, 7) is 3.94. The topological polar surface area (TPSA) is 259 Å². The number of benzene rings is 12. The van der Waals surface area contributed by atoms with Gasteiger partial charge in [0.05, 0.1) is 113 Å². The minimum absolute atomic E-state index is 0.386. The fraction of sp³-hybridized carbons (Fsp3) is 0.0667. The van der Waals surface area contributed by atoms with Crippen LogP contribution in [0, 0.1) is 13.8 Å². The number of hydrogen-bond donors (Lipinski definition) is 4. The SMILES string of the molecule is COc1cccc(-n2cnc3cc(Nc4nnc(C)c5ccccc45)ccc32)c1.COc1cccc(-n2cnc3cc(Nc4nncc5ccccc45)ccc32)c1.COc1ccccc1-n1cnc2cc(Nc3nnc(C)c4ccccc34)ccc21.COc1ccccc1-n1cnc2cc(Nc3nnc(Cl)c4ccccc34)ccc21. The summed E-state index contributed by atoms with van der Waals surface area (Å²) < 4.78 is 29.8. The predicted octanol–water partition coefficient (Wildman–Crippen LogP) is 20.2. The summed E-state index contributed by atoms with van der Waals surface area (Å²) in [7, 11) is 6.67. The molecule has 0 aliphatic carbocycles. The lowest BCUT2D eigenvalue weighted by Crippen LogP contribution is -1.99. The van der Waals surface area contributed by atoms with Crippen LogP contribution in [0.5, 0.6) is 23.0 Å². The number of aromatic nitrogens is 16. The predicted molar refractivity (Wildman–Crippen MR) is 456 cm³/mol. The normalized spacial score (nSPS) is 11.1. The second kappa shape index (κ2) is 32.3. The van der Waals surface area contributed by atoms with Crippen molar-refractivity contribution in [1.82, 2.24) is 79.0 Å². The zero-order valence-corrected chi connectivity index (χ0v) is 63.7. The van der Waals surface area contributed by atoms with Gasteiger partial charge in [0.25, 0.3) is 0 Å². The molecule has 0 amide bonds. The van der Waals surface area contributed by atoms with E-state index in [0.717, 1.165) is 185 Å². The van der Waals surface area contributed by atoms with Crippen LogP contribution in [0.25, 0.3) is 110 Å². The van der Waals surface area contributed by atoms with Gasteiger partial charge in [-0.2, -0.15) is 15.3 Å². The van der Waals surface area contributed by atoms with Crippen molar-refractivity contribution >= 4 is 145 Å². The van der Waals surface area contributed by atoms with Crippen molar-refractivity contribution in [3.05, 3.63) is 315 Å². The average molecular weight is 1530 g/mol. The Bertz CT molecular complexity index is 6770.